The van der Waals surface area contributed by atoms with Crippen molar-refractivity contribution in [1.29, 1.82) is 0 Å². The van der Waals surface area contributed by atoms with Gasteiger partial charge in [0.2, 0.25) is 8.32 Å². The molecule has 0 bridgehead atoms. The Bertz CT molecular complexity index is 338. The summed E-state index contributed by atoms with van der Waals surface area (Å²) in [7, 11) is -2.16. The van der Waals surface area contributed by atoms with Crippen molar-refractivity contribution in [3.63, 3.8) is 0 Å². The van der Waals surface area contributed by atoms with Crippen LogP contribution < -0.4 is 4.74 Å². The summed E-state index contributed by atoms with van der Waals surface area (Å²) in [5, 5.41) is 0. The molecule has 1 aromatic carbocycles. The molecule has 1 aromatic rings. The van der Waals surface area contributed by atoms with Gasteiger partial charge in [-0.05, 0) is 44.3 Å². The Labute approximate surface area is 90.8 Å². The summed E-state index contributed by atoms with van der Waals surface area (Å²) >= 11 is 0. The molecule has 0 fully saturated rings. The topological polar surface area (TPSA) is 46.5 Å². The molecule has 0 amide bonds. The lowest BCUT2D eigenvalue weighted by molar-refractivity contribution is 0.101. The van der Waals surface area contributed by atoms with E-state index in [4.69, 9.17) is 4.74 Å². The van der Waals surface area contributed by atoms with Gasteiger partial charge in [0, 0.05) is 5.56 Å². The van der Waals surface area contributed by atoms with Crippen molar-refractivity contribution in [2.75, 3.05) is 6.23 Å². The van der Waals surface area contributed by atoms with Gasteiger partial charge in [0.15, 0.2) is 5.78 Å². The van der Waals surface area contributed by atoms with Crippen molar-refractivity contribution in [3.05, 3.63) is 29.8 Å². The highest BCUT2D eigenvalue weighted by atomic mass is 28.4. The van der Waals surface area contributed by atoms with E-state index in [-0.39, 0.29) is 5.78 Å². The van der Waals surface area contributed by atoms with Crippen molar-refractivity contribution in [3.8, 4) is 5.75 Å². The van der Waals surface area contributed by atoms with Crippen LogP contribution in [0.3, 0.4) is 0 Å². The highest BCUT2D eigenvalue weighted by Gasteiger charge is 2.17. The summed E-state index contributed by atoms with van der Waals surface area (Å²) in [4.78, 5) is 20.6. The van der Waals surface area contributed by atoms with Crippen LogP contribution >= 0.6 is 0 Å². The maximum Gasteiger partial charge on any atom is 0.220 e. The molecule has 4 heteroatoms. The molecule has 0 saturated carbocycles. The molecule has 0 aliphatic heterocycles. The average Bonchev–Trinajstić information content (AvgIpc) is 2.14. The van der Waals surface area contributed by atoms with Crippen LogP contribution in [0.2, 0.25) is 13.1 Å². The van der Waals surface area contributed by atoms with E-state index in [9.17, 15) is 9.59 Å². The molecule has 0 radical (unpaired) electrons. The van der Waals surface area contributed by atoms with E-state index in [1.165, 1.54) is 6.92 Å². The van der Waals surface area contributed by atoms with E-state index in [1.54, 1.807) is 24.3 Å². The SMILES string of the molecule is CC(=O)c1ccc(OC[Si](C)(C)O)cc1. The summed E-state index contributed by atoms with van der Waals surface area (Å²) < 4.78 is 5.41. The molecule has 82 valence electrons. The molecule has 0 atom stereocenters. The monoisotopic (exact) mass is 224 g/mol. The first-order valence-corrected chi connectivity index (χ1v) is 8.00. The van der Waals surface area contributed by atoms with Crippen LogP contribution in [0.1, 0.15) is 17.3 Å². The Morgan fingerprint density at radius 1 is 1.33 bits per heavy atom. The van der Waals surface area contributed by atoms with Gasteiger partial charge in [-0.25, -0.2) is 0 Å². The van der Waals surface area contributed by atoms with Gasteiger partial charge in [-0.1, -0.05) is 0 Å². The van der Waals surface area contributed by atoms with Crippen molar-refractivity contribution in [2.24, 2.45) is 0 Å². The lowest BCUT2D eigenvalue weighted by Crippen LogP contribution is -2.34. The second-order valence-corrected chi connectivity index (χ2v) is 8.10. The fourth-order valence-electron chi connectivity index (χ4n) is 1.05. The van der Waals surface area contributed by atoms with Crippen molar-refractivity contribution < 1.29 is 14.3 Å². The van der Waals surface area contributed by atoms with Gasteiger partial charge < -0.3 is 9.53 Å². The van der Waals surface area contributed by atoms with E-state index in [0.717, 1.165) is 0 Å². The number of ketones is 1. The predicted octanol–water partition coefficient (Wildman–Crippen LogP) is 2.00. The lowest BCUT2D eigenvalue weighted by atomic mass is 10.1. The first-order valence-electron chi connectivity index (χ1n) is 4.85. The van der Waals surface area contributed by atoms with Gasteiger partial charge in [0.25, 0.3) is 0 Å². The van der Waals surface area contributed by atoms with Gasteiger partial charge in [-0.2, -0.15) is 0 Å². The number of carbonyl (C=O) groups is 1. The van der Waals surface area contributed by atoms with Crippen molar-refractivity contribution in [2.45, 2.75) is 20.0 Å². The smallest absolute Gasteiger partial charge is 0.220 e. The number of rotatable bonds is 4. The number of benzene rings is 1. The first-order chi connectivity index (χ1) is 6.88. The third-order valence-electron chi connectivity index (χ3n) is 1.85. The minimum absolute atomic E-state index is 0.0402. The molecule has 3 nitrogen and oxygen atoms in total. The van der Waals surface area contributed by atoms with E-state index >= 15 is 0 Å². The Morgan fingerprint density at radius 3 is 2.27 bits per heavy atom. The summed E-state index contributed by atoms with van der Waals surface area (Å²) in [6.45, 7) is 5.16. The fourth-order valence-corrected chi connectivity index (χ4v) is 1.57. The first kappa shape index (κ1) is 11.9. The number of ether oxygens (including phenoxy) is 1. The van der Waals surface area contributed by atoms with Gasteiger partial charge >= 0.3 is 0 Å². The maximum atomic E-state index is 11.0. The van der Waals surface area contributed by atoms with Gasteiger partial charge in [-0.15, -0.1) is 0 Å². The normalized spacial score (nSPS) is 11.2. The molecule has 0 spiro atoms. The Morgan fingerprint density at radius 2 is 1.87 bits per heavy atom. The molecule has 0 aromatic heterocycles. The van der Waals surface area contributed by atoms with Crippen molar-refractivity contribution in [1.82, 2.24) is 0 Å². The molecule has 0 unspecified atom stereocenters. The van der Waals surface area contributed by atoms with Crippen molar-refractivity contribution >= 4 is 14.1 Å². The van der Waals surface area contributed by atoms with Gasteiger partial charge in [-0.3, -0.25) is 4.79 Å². The highest BCUT2D eigenvalue weighted by Crippen LogP contribution is 2.13. The highest BCUT2D eigenvalue weighted by molar-refractivity contribution is 6.69. The second-order valence-electron chi connectivity index (χ2n) is 4.18. The summed E-state index contributed by atoms with van der Waals surface area (Å²) in [5.41, 5.74) is 0.669. The van der Waals surface area contributed by atoms with E-state index in [2.05, 4.69) is 0 Å². The minimum atomic E-state index is -2.16. The summed E-state index contributed by atoms with van der Waals surface area (Å²) in [6.07, 6.45) is 0.367. The van der Waals surface area contributed by atoms with E-state index in [1.807, 2.05) is 13.1 Å². The Kier molecular flexibility index (Phi) is 3.65. The average molecular weight is 224 g/mol. The number of Topliss-reactive ketones (excluding diaryl/α,β-unsaturated/α-hetero) is 1. The molecular weight excluding hydrogens is 208 g/mol. The number of carbonyl (C=O) groups excluding carboxylic acids is 1. The maximum absolute atomic E-state index is 11.0. The van der Waals surface area contributed by atoms with E-state index in [0.29, 0.717) is 17.5 Å². The molecule has 1 rings (SSSR count). The molecular formula is C11H16O3Si. The molecule has 1 N–H and O–H groups in total. The third kappa shape index (κ3) is 4.27. The summed E-state index contributed by atoms with van der Waals surface area (Å²) in [6, 6.07) is 6.95. The quantitative estimate of drug-likeness (QED) is 0.628. The zero-order valence-electron chi connectivity index (χ0n) is 9.28. The van der Waals surface area contributed by atoms with Crippen LogP contribution in [-0.4, -0.2) is 25.1 Å². The Balaban J connectivity index is 2.61. The number of hydrogen-bond donors (Lipinski definition) is 1. The molecule has 0 heterocycles. The lowest BCUT2D eigenvalue weighted by Gasteiger charge is -2.15. The largest absolute Gasteiger partial charge is 0.494 e. The van der Waals surface area contributed by atoms with Gasteiger partial charge in [0.05, 0.1) is 0 Å². The number of hydrogen-bond acceptors (Lipinski definition) is 3. The molecule has 0 aliphatic rings. The molecule has 15 heavy (non-hydrogen) atoms. The summed E-state index contributed by atoms with van der Waals surface area (Å²) in [5.74, 6) is 0.730. The van der Waals surface area contributed by atoms with Crippen LogP contribution in [0.25, 0.3) is 0 Å². The standard InChI is InChI=1S/C11H16O3Si/c1-9(12)10-4-6-11(7-5-10)14-8-15(2,3)13/h4-7,13H,8H2,1-3H3. The fraction of sp³-hybridized carbons (Fsp3) is 0.364. The van der Waals surface area contributed by atoms with Crippen LogP contribution in [-0.2, 0) is 0 Å². The Hall–Kier alpha value is -1.13. The van der Waals surface area contributed by atoms with Crippen LogP contribution in [0.4, 0.5) is 0 Å². The van der Waals surface area contributed by atoms with E-state index < -0.39 is 8.32 Å². The van der Waals surface area contributed by atoms with Gasteiger partial charge in [0.1, 0.15) is 12.0 Å². The van der Waals surface area contributed by atoms with Crippen LogP contribution in [0.15, 0.2) is 24.3 Å². The predicted molar refractivity (Wildman–Crippen MR) is 61.6 cm³/mol. The second kappa shape index (κ2) is 4.59. The zero-order valence-corrected chi connectivity index (χ0v) is 10.3. The zero-order chi connectivity index (χ0) is 11.5. The molecule has 0 aliphatic carbocycles. The molecule has 0 saturated heterocycles. The third-order valence-corrected chi connectivity index (χ3v) is 2.70. The minimum Gasteiger partial charge on any atom is -0.494 e. The van der Waals surface area contributed by atoms with Crippen LogP contribution in [0.5, 0.6) is 5.75 Å². The van der Waals surface area contributed by atoms with Crippen LogP contribution in [0, 0.1) is 0 Å².